The molecule has 0 aromatic heterocycles. The number of carbonyl (C=O) groups excluding carboxylic acids is 1. The molecule has 0 atom stereocenters. The highest BCUT2D eigenvalue weighted by Crippen LogP contribution is 2.36. The number of halogens is 1. The van der Waals surface area contributed by atoms with Crippen molar-refractivity contribution in [1.29, 1.82) is 0 Å². The number of rotatable bonds is 4. The van der Waals surface area contributed by atoms with Crippen molar-refractivity contribution in [3.63, 3.8) is 0 Å². The van der Waals surface area contributed by atoms with Gasteiger partial charge in [0, 0.05) is 11.6 Å². The van der Waals surface area contributed by atoms with Crippen LogP contribution in [0.4, 0.5) is 0 Å². The molecule has 1 amide bonds. The number of ether oxygens (including phenoxy) is 2. The molecule has 5 nitrogen and oxygen atoms in total. The zero-order valence-corrected chi connectivity index (χ0v) is 14.2. The van der Waals surface area contributed by atoms with Gasteiger partial charge >= 0.3 is 0 Å². The molecule has 3 rings (SSSR count). The Hall–Kier alpha value is -2.53. The highest BCUT2D eigenvalue weighted by atomic mass is 35.5. The quantitative estimate of drug-likeness (QED) is 0.683. The summed E-state index contributed by atoms with van der Waals surface area (Å²) in [5, 5.41) is 4.44. The minimum atomic E-state index is -0.189. The van der Waals surface area contributed by atoms with Crippen LogP contribution in [0.25, 0.3) is 0 Å². The Morgan fingerprint density at radius 2 is 1.96 bits per heavy atom. The van der Waals surface area contributed by atoms with Gasteiger partial charge in [-0.15, -0.1) is 0 Å². The third-order valence-electron chi connectivity index (χ3n) is 3.82. The van der Waals surface area contributed by atoms with Gasteiger partial charge in [0.25, 0.3) is 0 Å². The third-order valence-corrected chi connectivity index (χ3v) is 4.15. The molecule has 0 saturated carbocycles. The maximum Gasteiger partial charge on any atom is 0.244 e. The summed E-state index contributed by atoms with van der Waals surface area (Å²) < 4.78 is 10.5. The summed E-state index contributed by atoms with van der Waals surface area (Å²) in [5.41, 5.74) is 6.47. The first-order chi connectivity index (χ1) is 11.5. The number of nitrogens with zero attached hydrogens (tertiary/aromatic N) is 1. The largest absolute Gasteiger partial charge is 0.454 e. The molecule has 124 valence electrons. The van der Waals surface area contributed by atoms with E-state index in [-0.39, 0.29) is 19.1 Å². The Balaban J connectivity index is 1.61. The Kier molecular flexibility index (Phi) is 4.71. The number of benzene rings is 2. The fourth-order valence-corrected chi connectivity index (χ4v) is 2.55. The number of hydrazone groups is 1. The summed E-state index contributed by atoms with van der Waals surface area (Å²) >= 11 is 6.15. The lowest BCUT2D eigenvalue weighted by Crippen LogP contribution is -2.19. The second kappa shape index (κ2) is 6.93. The van der Waals surface area contributed by atoms with Crippen LogP contribution in [0.5, 0.6) is 11.5 Å². The highest BCUT2D eigenvalue weighted by Gasteiger charge is 2.15. The van der Waals surface area contributed by atoms with E-state index >= 15 is 0 Å². The van der Waals surface area contributed by atoms with Crippen LogP contribution in [0.15, 0.2) is 35.4 Å². The minimum Gasteiger partial charge on any atom is -0.454 e. The van der Waals surface area contributed by atoms with Crippen molar-refractivity contribution < 1.29 is 14.3 Å². The van der Waals surface area contributed by atoms with Gasteiger partial charge in [-0.3, -0.25) is 4.79 Å². The van der Waals surface area contributed by atoms with Crippen LogP contribution >= 0.6 is 11.6 Å². The van der Waals surface area contributed by atoms with Crippen molar-refractivity contribution in [2.45, 2.75) is 20.3 Å². The molecule has 1 aliphatic heterocycles. The van der Waals surface area contributed by atoms with Gasteiger partial charge in [-0.05, 0) is 36.6 Å². The Labute approximate surface area is 145 Å². The van der Waals surface area contributed by atoms with Gasteiger partial charge in [-0.1, -0.05) is 29.8 Å². The van der Waals surface area contributed by atoms with Crippen LogP contribution < -0.4 is 14.9 Å². The van der Waals surface area contributed by atoms with E-state index in [0.29, 0.717) is 22.1 Å². The van der Waals surface area contributed by atoms with Crippen molar-refractivity contribution in [2.75, 3.05) is 6.79 Å². The molecule has 0 radical (unpaired) electrons. The highest BCUT2D eigenvalue weighted by molar-refractivity contribution is 6.33. The van der Waals surface area contributed by atoms with Crippen molar-refractivity contribution in [3.05, 3.63) is 57.6 Å². The zero-order valence-electron chi connectivity index (χ0n) is 13.4. The molecule has 6 heteroatoms. The number of hydrogen-bond acceptors (Lipinski definition) is 4. The Morgan fingerprint density at radius 1 is 1.21 bits per heavy atom. The molecule has 1 N–H and O–H groups in total. The molecular formula is C18H17ClN2O3. The van der Waals surface area contributed by atoms with Crippen molar-refractivity contribution in [2.24, 2.45) is 5.10 Å². The number of aryl methyl sites for hydroxylation is 2. The standard InChI is InChI=1S/C18H17ClN2O3/c1-11-3-4-13(5-12(11)2)6-18(22)21-20-9-14-7-16-17(8-15(14)19)24-10-23-16/h3-5,7-9H,6,10H2,1-2H3,(H,21,22)/b20-9-. The van der Waals surface area contributed by atoms with Crippen molar-refractivity contribution >= 4 is 23.7 Å². The summed E-state index contributed by atoms with van der Waals surface area (Å²) in [6.45, 7) is 4.24. The van der Waals surface area contributed by atoms with Crippen LogP contribution in [-0.4, -0.2) is 18.9 Å². The van der Waals surface area contributed by atoms with Gasteiger partial charge in [-0.2, -0.15) is 5.10 Å². The van der Waals surface area contributed by atoms with Crippen molar-refractivity contribution in [1.82, 2.24) is 5.43 Å². The van der Waals surface area contributed by atoms with Crippen LogP contribution in [0.3, 0.4) is 0 Å². The van der Waals surface area contributed by atoms with Gasteiger partial charge in [0.2, 0.25) is 12.7 Å². The molecule has 2 aromatic rings. The van der Waals surface area contributed by atoms with Gasteiger partial charge < -0.3 is 9.47 Å². The Morgan fingerprint density at radius 3 is 2.71 bits per heavy atom. The lowest BCUT2D eigenvalue weighted by molar-refractivity contribution is -0.120. The average molecular weight is 345 g/mol. The first kappa shape index (κ1) is 16.3. The van der Waals surface area contributed by atoms with Gasteiger partial charge in [0.1, 0.15) is 0 Å². The number of amides is 1. The zero-order chi connectivity index (χ0) is 17.1. The fourth-order valence-electron chi connectivity index (χ4n) is 2.34. The molecule has 0 saturated heterocycles. The molecule has 24 heavy (non-hydrogen) atoms. The van der Waals surface area contributed by atoms with Crippen LogP contribution in [-0.2, 0) is 11.2 Å². The van der Waals surface area contributed by atoms with E-state index in [4.69, 9.17) is 21.1 Å². The van der Waals surface area contributed by atoms with E-state index in [9.17, 15) is 4.79 Å². The summed E-state index contributed by atoms with van der Waals surface area (Å²) in [5.74, 6) is 1.03. The molecule has 2 aromatic carbocycles. The van der Waals surface area contributed by atoms with Crippen molar-refractivity contribution in [3.8, 4) is 11.5 Å². The SMILES string of the molecule is Cc1ccc(CC(=O)N/N=C\c2cc3c(cc2Cl)OCO3)cc1C. The normalized spacial score (nSPS) is 12.6. The lowest BCUT2D eigenvalue weighted by atomic mass is 10.0. The van der Waals surface area contributed by atoms with Crippen LogP contribution in [0, 0.1) is 13.8 Å². The fraction of sp³-hybridized carbons (Fsp3) is 0.222. The molecule has 0 unspecified atom stereocenters. The summed E-state index contributed by atoms with van der Waals surface area (Å²) in [6.07, 6.45) is 1.76. The van der Waals surface area contributed by atoms with Gasteiger partial charge in [-0.25, -0.2) is 5.43 Å². The van der Waals surface area contributed by atoms with E-state index in [1.165, 1.54) is 11.8 Å². The summed E-state index contributed by atoms with van der Waals surface area (Å²) in [6, 6.07) is 9.35. The minimum absolute atomic E-state index is 0.180. The maximum atomic E-state index is 12.0. The number of carbonyl (C=O) groups is 1. The smallest absolute Gasteiger partial charge is 0.244 e. The predicted octanol–water partition coefficient (Wildman–Crippen LogP) is 3.38. The maximum absolute atomic E-state index is 12.0. The molecule has 0 fully saturated rings. The first-order valence-electron chi connectivity index (χ1n) is 7.50. The van der Waals surface area contributed by atoms with Gasteiger partial charge in [0.05, 0.1) is 17.7 Å². The number of hydrogen-bond donors (Lipinski definition) is 1. The monoisotopic (exact) mass is 344 g/mol. The van der Waals surface area contributed by atoms with Crippen LogP contribution in [0.2, 0.25) is 5.02 Å². The topological polar surface area (TPSA) is 59.9 Å². The predicted molar refractivity (Wildman–Crippen MR) is 92.9 cm³/mol. The summed E-state index contributed by atoms with van der Waals surface area (Å²) in [4.78, 5) is 12.0. The number of nitrogens with one attached hydrogen (secondary N) is 1. The number of fused-ring (bicyclic) bond motifs is 1. The molecular weight excluding hydrogens is 328 g/mol. The van der Waals surface area contributed by atoms with E-state index < -0.39 is 0 Å². The molecule has 1 heterocycles. The molecule has 0 bridgehead atoms. The van der Waals surface area contributed by atoms with E-state index in [1.54, 1.807) is 12.1 Å². The molecule has 1 aliphatic rings. The van der Waals surface area contributed by atoms with E-state index in [1.807, 2.05) is 32.0 Å². The summed E-state index contributed by atoms with van der Waals surface area (Å²) in [7, 11) is 0. The second-order valence-electron chi connectivity index (χ2n) is 5.62. The Bertz CT molecular complexity index is 818. The first-order valence-corrected chi connectivity index (χ1v) is 7.88. The van der Waals surface area contributed by atoms with E-state index in [0.717, 1.165) is 11.1 Å². The molecule has 0 aliphatic carbocycles. The second-order valence-corrected chi connectivity index (χ2v) is 6.02. The average Bonchev–Trinajstić information content (AvgIpc) is 2.98. The molecule has 0 spiro atoms. The van der Waals surface area contributed by atoms with Crippen LogP contribution in [0.1, 0.15) is 22.3 Å². The third kappa shape index (κ3) is 3.68. The van der Waals surface area contributed by atoms with Gasteiger partial charge in [0.15, 0.2) is 11.5 Å². The lowest BCUT2D eigenvalue weighted by Gasteiger charge is -2.05. The van der Waals surface area contributed by atoms with E-state index in [2.05, 4.69) is 10.5 Å².